The summed E-state index contributed by atoms with van der Waals surface area (Å²) >= 11 is 18.6. The molecular formula is C33H22Cl3N5. The Labute approximate surface area is 251 Å². The number of hydrogen-bond acceptors (Lipinski definition) is 3. The molecule has 0 bridgehead atoms. The van der Waals surface area contributed by atoms with Crippen LogP contribution >= 0.6 is 34.8 Å². The Bertz CT molecular complexity index is 1870. The van der Waals surface area contributed by atoms with Crippen molar-refractivity contribution >= 4 is 56.7 Å². The molecule has 5 nitrogen and oxygen atoms in total. The number of hydrogen-bond donors (Lipinski definition) is 1. The minimum Gasteiger partial charge on any atom is -0.296 e. The molecule has 4 aromatic carbocycles. The number of rotatable bonds is 5. The first-order valence-electron chi connectivity index (χ1n) is 13.0. The van der Waals surface area contributed by atoms with Crippen molar-refractivity contribution < 1.29 is 0 Å². The number of aromatic amines is 1. The van der Waals surface area contributed by atoms with Gasteiger partial charge >= 0.3 is 0 Å². The van der Waals surface area contributed by atoms with Crippen LogP contribution < -0.4 is 0 Å². The van der Waals surface area contributed by atoms with Gasteiger partial charge in [0.1, 0.15) is 5.54 Å². The molecule has 0 unspecified atom stereocenters. The Morgan fingerprint density at radius 1 is 0.610 bits per heavy atom. The van der Waals surface area contributed by atoms with E-state index in [0.717, 1.165) is 38.9 Å². The van der Waals surface area contributed by atoms with E-state index in [-0.39, 0.29) is 5.82 Å². The molecule has 0 amide bonds. The molecular weight excluding hydrogens is 573 g/mol. The molecule has 0 aliphatic rings. The predicted octanol–water partition coefficient (Wildman–Crippen LogP) is 8.64. The highest BCUT2D eigenvalue weighted by atomic mass is 35.6. The second kappa shape index (κ2) is 10.0. The zero-order chi connectivity index (χ0) is 28.0. The minimum atomic E-state index is -1.74. The average molecular weight is 595 g/mol. The van der Waals surface area contributed by atoms with E-state index in [4.69, 9.17) is 34.8 Å². The van der Waals surface area contributed by atoms with E-state index in [1.165, 1.54) is 0 Å². The Hall–Kier alpha value is -4.16. The van der Waals surface area contributed by atoms with Crippen LogP contribution in [-0.2, 0) is 9.33 Å². The van der Waals surface area contributed by atoms with Gasteiger partial charge in [-0.15, -0.1) is 0 Å². The minimum absolute atomic E-state index is 0.145. The number of aromatic nitrogens is 5. The fourth-order valence-corrected chi connectivity index (χ4v) is 5.92. The van der Waals surface area contributed by atoms with Crippen LogP contribution in [0.15, 0.2) is 128 Å². The Morgan fingerprint density at radius 3 is 1.59 bits per heavy atom. The van der Waals surface area contributed by atoms with Gasteiger partial charge < -0.3 is 0 Å². The fraction of sp³-hybridized carbons (Fsp3) is 0.0606. The van der Waals surface area contributed by atoms with Crippen molar-refractivity contribution in [3.8, 4) is 11.3 Å². The summed E-state index contributed by atoms with van der Waals surface area (Å²) in [5.74, 6) is 0.145. The van der Waals surface area contributed by atoms with Gasteiger partial charge in [-0.3, -0.25) is 14.8 Å². The highest BCUT2D eigenvalue weighted by Gasteiger charge is 2.40. The summed E-state index contributed by atoms with van der Waals surface area (Å²) in [6.07, 6.45) is 3.57. The number of alkyl halides is 3. The maximum absolute atomic E-state index is 6.19. The Kier molecular flexibility index (Phi) is 6.31. The lowest BCUT2D eigenvalue weighted by molar-refractivity contribution is 0.477. The van der Waals surface area contributed by atoms with Gasteiger partial charge in [0.15, 0.2) is 5.82 Å². The molecule has 3 heterocycles. The van der Waals surface area contributed by atoms with Crippen LogP contribution in [0, 0.1) is 0 Å². The number of pyridine rings is 1. The molecule has 8 heteroatoms. The summed E-state index contributed by atoms with van der Waals surface area (Å²) in [6.45, 7) is 0. The largest absolute Gasteiger partial charge is 0.296 e. The molecule has 7 aromatic rings. The summed E-state index contributed by atoms with van der Waals surface area (Å²) in [5, 5.41) is 4.76. The predicted molar refractivity (Wildman–Crippen MR) is 166 cm³/mol. The van der Waals surface area contributed by atoms with E-state index in [1.807, 2.05) is 42.5 Å². The van der Waals surface area contributed by atoms with Crippen LogP contribution in [0.4, 0.5) is 0 Å². The third kappa shape index (κ3) is 4.29. The normalized spacial score (nSPS) is 12.3. The lowest BCUT2D eigenvalue weighted by atomic mass is 9.77. The van der Waals surface area contributed by atoms with Crippen molar-refractivity contribution in [1.29, 1.82) is 0 Å². The molecule has 0 radical (unpaired) electrons. The van der Waals surface area contributed by atoms with Gasteiger partial charge in [-0.25, -0.2) is 9.97 Å². The Morgan fingerprint density at radius 2 is 1.10 bits per heavy atom. The van der Waals surface area contributed by atoms with Gasteiger partial charge in [-0.05, 0) is 41.0 Å². The third-order valence-corrected chi connectivity index (χ3v) is 7.92. The smallest absolute Gasteiger partial charge is 0.250 e. The maximum Gasteiger partial charge on any atom is 0.250 e. The molecule has 7 rings (SSSR count). The number of halogens is 3. The molecule has 0 aliphatic carbocycles. The van der Waals surface area contributed by atoms with Gasteiger partial charge in [0.2, 0.25) is 3.79 Å². The van der Waals surface area contributed by atoms with Gasteiger partial charge in [0, 0.05) is 23.3 Å². The standard InChI is InChI=1S/C33H22Cl3N5/c34-33(35,36)31-38-27-20-26-29(21-28(27)39-31)41(40-30(26)22-16-18-37-19-17-22)32(23-10-4-1-5-11-23,24-12-6-2-7-13-24)25-14-8-3-9-15-25/h1-21,40H. The fourth-order valence-electron chi connectivity index (χ4n) is 5.67. The number of nitrogens with zero attached hydrogens (tertiary/aromatic N) is 4. The lowest BCUT2D eigenvalue weighted by Gasteiger charge is -2.37. The topological polar surface area (TPSA) is 59.4 Å². The van der Waals surface area contributed by atoms with Crippen molar-refractivity contribution in [2.24, 2.45) is 0 Å². The van der Waals surface area contributed by atoms with Gasteiger partial charge in [-0.2, -0.15) is 0 Å². The number of imidazole rings is 1. The summed E-state index contributed by atoms with van der Waals surface area (Å²) in [5.41, 5.74) is 6.56. The summed E-state index contributed by atoms with van der Waals surface area (Å²) in [6, 6.07) is 39.5. The molecule has 0 aliphatic heterocycles. The van der Waals surface area contributed by atoms with Crippen LogP contribution in [0.1, 0.15) is 22.5 Å². The molecule has 0 spiro atoms. The maximum atomic E-state index is 6.19. The second-order valence-electron chi connectivity index (χ2n) is 9.77. The van der Waals surface area contributed by atoms with E-state index >= 15 is 0 Å². The van der Waals surface area contributed by atoms with Gasteiger partial charge in [0.05, 0.1) is 22.2 Å². The highest BCUT2D eigenvalue weighted by Crippen LogP contribution is 2.45. The van der Waals surface area contributed by atoms with Crippen molar-refractivity contribution in [2.75, 3.05) is 0 Å². The van der Waals surface area contributed by atoms with Crippen molar-refractivity contribution in [3.05, 3.63) is 150 Å². The van der Waals surface area contributed by atoms with E-state index in [1.54, 1.807) is 12.4 Å². The number of fused-ring (bicyclic) bond motifs is 2. The summed E-state index contributed by atoms with van der Waals surface area (Å²) < 4.78 is 0.488. The third-order valence-electron chi connectivity index (χ3n) is 7.41. The first-order chi connectivity index (χ1) is 20.0. The lowest BCUT2D eigenvalue weighted by Crippen LogP contribution is -2.38. The van der Waals surface area contributed by atoms with Gasteiger partial charge in [-0.1, -0.05) is 126 Å². The van der Waals surface area contributed by atoms with Crippen molar-refractivity contribution in [2.45, 2.75) is 9.33 Å². The monoisotopic (exact) mass is 593 g/mol. The highest BCUT2D eigenvalue weighted by molar-refractivity contribution is 6.66. The first-order valence-corrected chi connectivity index (χ1v) is 14.2. The molecule has 1 N–H and O–H groups in total. The average Bonchev–Trinajstić information content (AvgIpc) is 3.61. The molecule has 0 saturated heterocycles. The summed E-state index contributed by atoms with van der Waals surface area (Å²) in [4.78, 5) is 13.4. The molecule has 3 aromatic heterocycles. The zero-order valence-electron chi connectivity index (χ0n) is 21.5. The second-order valence-corrected chi connectivity index (χ2v) is 12.1. The van der Waals surface area contributed by atoms with Crippen LogP contribution in [0.2, 0.25) is 0 Å². The van der Waals surface area contributed by atoms with E-state index in [9.17, 15) is 0 Å². The molecule has 200 valence electrons. The van der Waals surface area contributed by atoms with E-state index in [0.29, 0.717) is 11.0 Å². The van der Waals surface area contributed by atoms with Crippen molar-refractivity contribution in [3.63, 3.8) is 0 Å². The number of benzene rings is 4. The van der Waals surface area contributed by atoms with Crippen LogP contribution in [0.25, 0.3) is 33.2 Å². The van der Waals surface area contributed by atoms with Crippen LogP contribution in [0.3, 0.4) is 0 Å². The quantitative estimate of drug-likeness (QED) is 0.160. The first kappa shape index (κ1) is 25.8. The van der Waals surface area contributed by atoms with Crippen LogP contribution in [0.5, 0.6) is 0 Å². The Balaban J connectivity index is 1.67. The van der Waals surface area contributed by atoms with Crippen LogP contribution in [-0.4, -0.2) is 24.7 Å². The number of nitrogens with one attached hydrogen (secondary N) is 1. The molecule has 0 atom stereocenters. The van der Waals surface area contributed by atoms with E-state index < -0.39 is 9.33 Å². The zero-order valence-corrected chi connectivity index (χ0v) is 23.8. The molecule has 0 saturated carbocycles. The SMILES string of the molecule is ClC(Cl)(Cl)c1nc2cc3c(-c4ccncc4)[nH]n(C(c4ccccc4)(c4ccccc4)c4ccccc4)c3cc2n1. The van der Waals surface area contributed by atoms with E-state index in [2.05, 4.69) is 97.5 Å². The van der Waals surface area contributed by atoms with Crippen molar-refractivity contribution in [1.82, 2.24) is 24.7 Å². The molecule has 0 fully saturated rings. The van der Waals surface area contributed by atoms with Gasteiger partial charge in [0.25, 0.3) is 0 Å². The number of H-pyrrole nitrogens is 1. The molecule has 41 heavy (non-hydrogen) atoms. The summed E-state index contributed by atoms with van der Waals surface area (Å²) in [7, 11) is 0.